The number of methoxy groups -OCH3 is 2. The van der Waals surface area contributed by atoms with Crippen molar-refractivity contribution >= 4 is 17.6 Å². The summed E-state index contributed by atoms with van der Waals surface area (Å²) in [6, 6.07) is 0. The quantitative estimate of drug-likeness (QED) is 0.552. The zero-order chi connectivity index (χ0) is 18.6. The van der Waals surface area contributed by atoms with Crippen LogP contribution < -0.4 is 4.74 Å². The third kappa shape index (κ3) is 4.21. The lowest BCUT2D eigenvalue weighted by atomic mass is 10.0. The van der Waals surface area contributed by atoms with Gasteiger partial charge in [-0.25, -0.2) is 0 Å². The van der Waals surface area contributed by atoms with Crippen molar-refractivity contribution in [3.8, 4) is 5.88 Å². The normalized spacial score (nSPS) is 11.0. The lowest BCUT2D eigenvalue weighted by Crippen LogP contribution is -2.03. The molecule has 25 heavy (non-hydrogen) atoms. The maximum Gasteiger partial charge on any atom is 0.305 e. The Morgan fingerprint density at radius 1 is 1.00 bits per heavy atom. The van der Waals surface area contributed by atoms with Gasteiger partial charge >= 0.3 is 5.97 Å². The molecular formula is C19H27ClN2O3. The number of H-pyrrole nitrogens is 2. The lowest BCUT2D eigenvalue weighted by Gasteiger charge is -2.04. The standard InChI is InChI=1S/C19H27ClN2O3/c1-11-14(8-9-20)13(3)21-16(11)10-17-12(2)15(19(22-17)25-5)6-7-18(23)24-4/h21-22H,6-10H2,1-5H3. The Kier molecular flexibility index (Phi) is 6.59. The maximum atomic E-state index is 11.5. The van der Waals surface area contributed by atoms with Crippen LogP contribution in [-0.2, 0) is 28.8 Å². The van der Waals surface area contributed by atoms with E-state index in [1.165, 1.54) is 29.6 Å². The molecule has 2 aromatic rings. The Hall–Kier alpha value is -1.88. The van der Waals surface area contributed by atoms with Crippen molar-refractivity contribution in [1.82, 2.24) is 9.97 Å². The van der Waals surface area contributed by atoms with Gasteiger partial charge in [-0.1, -0.05) is 0 Å². The minimum absolute atomic E-state index is 0.217. The molecule has 0 aromatic carbocycles. The molecule has 2 heterocycles. The number of carbonyl (C=O) groups excluding carboxylic acids is 1. The summed E-state index contributed by atoms with van der Waals surface area (Å²) in [4.78, 5) is 18.3. The monoisotopic (exact) mass is 366 g/mol. The molecule has 0 aliphatic heterocycles. The van der Waals surface area contributed by atoms with Crippen LogP contribution in [0.1, 0.15) is 45.8 Å². The Labute approximate surface area is 154 Å². The molecule has 0 saturated heterocycles. The molecule has 6 heteroatoms. The van der Waals surface area contributed by atoms with Crippen LogP contribution >= 0.6 is 11.6 Å². The first kappa shape index (κ1) is 19.4. The van der Waals surface area contributed by atoms with Gasteiger partial charge in [-0.3, -0.25) is 4.79 Å². The first-order valence-electron chi connectivity index (χ1n) is 8.46. The largest absolute Gasteiger partial charge is 0.482 e. The number of alkyl halides is 1. The highest BCUT2D eigenvalue weighted by atomic mass is 35.5. The average Bonchev–Trinajstić information content (AvgIpc) is 3.04. The number of nitrogens with one attached hydrogen (secondary N) is 2. The Balaban J connectivity index is 2.27. The number of esters is 1. The van der Waals surface area contributed by atoms with Crippen LogP contribution in [0.2, 0.25) is 0 Å². The molecule has 0 atom stereocenters. The molecule has 0 amide bonds. The summed E-state index contributed by atoms with van der Waals surface area (Å²) in [7, 11) is 3.04. The molecule has 0 spiro atoms. The highest BCUT2D eigenvalue weighted by Gasteiger charge is 2.19. The van der Waals surface area contributed by atoms with Crippen LogP contribution in [0.3, 0.4) is 0 Å². The topological polar surface area (TPSA) is 67.1 Å². The predicted octanol–water partition coefficient (Wildman–Crippen LogP) is 3.75. The van der Waals surface area contributed by atoms with E-state index >= 15 is 0 Å². The number of rotatable bonds is 8. The zero-order valence-corrected chi connectivity index (χ0v) is 16.4. The number of halogens is 1. The maximum absolute atomic E-state index is 11.5. The van der Waals surface area contributed by atoms with Crippen molar-refractivity contribution < 1.29 is 14.3 Å². The fourth-order valence-corrected chi connectivity index (χ4v) is 3.51. The summed E-state index contributed by atoms with van der Waals surface area (Å²) < 4.78 is 10.2. The van der Waals surface area contributed by atoms with Gasteiger partial charge in [0.1, 0.15) is 0 Å². The molecular weight excluding hydrogens is 340 g/mol. The average molecular weight is 367 g/mol. The number of ether oxygens (including phenoxy) is 2. The first-order valence-corrected chi connectivity index (χ1v) is 9.00. The summed E-state index contributed by atoms with van der Waals surface area (Å²) in [5.41, 5.74) is 8.18. The van der Waals surface area contributed by atoms with E-state index in [1.807, 2.05) is 0 Å². The van der Waals surface area contributed by atoms with Crippen molar-refractivity contribution in [2.75, 3.05) is 20.1 Å². The van der Waals surface area contributed by atoms with Crippen molar-refractivity contribution in [3.63, 3.8) is 0 Å². The fourth-order valence-electron chi connectivity index (χ4n) is 3.32. The number of hydrogen-bond acceptors (Lipinski definition) is 3. The van der Waals surface area contributed by atoms with Gasteiger partial charge in [-0.15, -0.1) is 11.6 Å². The van der Waals surface area contributed by atoms with E-state index in [1.54, 1.807) is 7.11 Å². The number of aromatic nitrogens is 2. The number of hydrogen-bond donors (Lipinski definition) is 2. The molecule has 0 fully saturated rings. The summed E-state index contributed by atoms with van der Waals surface area (Å²) in [6.45, 7) is 6.28. The third-order valence-electron chi connectivity index (χ3n) is 4.85. The molecule has 138 valence electrons. The minimum atomic E-state index is -0.217. The van der Waals surface area contributed by atoms with E-state index in [4.69, 9.17) is 21.1 Å². The van der Waals surface area contributed by atoms with Crippen molar-refractivity contribution in [1.29, 1.82) is 0 Å². The zero-order valence-electron chi connectivity index (χ0n) is 15.6. The second-order valence-corrected chi connectivity index (χ2v) is 6.64. The van der Waals surface area contributed by atoms with Gasteiger partial charge < -0.3 is 19.4 Å². The van der Waals surface area contributed by atoms with Crippen LogP contribution in [-0.4, -0.2) is 36.0 Å². The van der Waals surface area contributed by atoms with Gasteiger partial charge in [-0.2, -0.15) is 0 Å². The molecule has 0 saturated carbocycles. The Morgan fingerprint density at radius 2 is 1.64 bits per heavy atom. The van der Waals surface area contributed by atoms with Crippen LogP contribution in [0, 0.1) is 20.8 Å². The van der Waals surface area contributed by atoms with Gasteiger partial charge in [0.2, 0.25) is 0 Å². The predicted molar refractivity (Wildman–Crippen MR) is 99.9 cm³/mol. The van der Waals surface area contributed by atoms with E-state index in [0.717, 1.165) is 35.5 Å². The smallest absolute Gasteiger partial charge is 0.305 e. The van der Waals surface area contributed by atoms with Crippen LogP contribution in [0.4, 0.5) is 0 Å². The van der Waals surface area contributed by atoms with E-state index < -0.39 is 0 Å². The molecule has 0 radical (unpaired) electrons. The Bertz CT molecular complexity index is 746. The second kappa shape index (κ2) is 8.48. The molecule has 0 aliphatic carbocycles. The highest BCUT2D eigenvalue weighted by Crippen LogP contribution is 2.29. The SMILES string of the molecule is COC(=O)CCc1c(OC)[nH]c(Cc2[nH]c(C)c(CCCl)c2C)c1C. The van der Waals surface area contributed by atoms with E-state index in [2.05, 4.69) is 30.7 Å². The summed E-state index contributed by atoms with van der Waals surface area (Å²) in [5, 5.41) is 0. The van der Waals surface area contributed by atoms with Gasteiger partial charge in [0.25, 0.3) is 0 Å². The van der Waals surface area contributed by atoms with E-state index in [0.29, 0.717) is 18.7 Å². The summed E-state index contributed by atoms with van der Waals surface area (Å²) in [6.07, 6.45) is 2.56. The molecule has 2 N–H and O–H groups in total. The Morgan fingerprint density at radius 3 is 2.24 bits per heavy atom. The van der Waals surface area contributed by atoms with Crippen molar-refractivity contribution in [3.05, 3.63) is 39.3 Å². The summed E-state index contributed by atoms with van der Waals surface area (Å²) >= 11 is 5.92. The molecule has 0 unspecified atom stereocenters. The third-order valence-corrected chi connectivity index (χ3v) is 5.04. The molecule has 2 aromatic heterocycles. The number of aryl methyl sites for hydroxylation is 1. The van der Waals surface area contributed by atoms with E-state index in [-0.39, 0.29) is 5.97 Å². The van der Waals surface area contributed by atoms with Gasteiger partial charge in [0.15, 0.2) is 5.88 Å². The highest BCUT2D eigenvalue weighted by molar-refractivity contribution is 6.18. The van der Waals surface area contributed by atoms with Crippen LogP contribution in [0.5, 0.6) is 5.88 Å². The first-order chi connectivity index (χ1) is 11.9. The molecule has 2 rings (SSSR count). The fraction of sp³-hybridized carbons (Fsp3) is 0.526. The number of carbonyl (C=O) groups is 1. The van der Waals surface area contributed by atoms with Gasteiger partial charge in [0, 0.05) is 41.4 Å². The van der Waals surface area contributed by atoms with Crippen LogP contribution in [0.25, 0.3) is 0 Å². The molecule has 0 bridgehead atoms. The van der Waals surface area contributed by atoms with Gasteiger partial charge in [-0.05, 0) is 50.3 Å². The second-order valence-electron chi connectivity index (χ2n) is 6.26. The van der Waals surface area contributed by atoms with Gasteiger partial charge in [0.05, 0.1) is 14.2 Å². The van der Waals surface area contributed by atoms with Crippen molar-refractivity contribution in [2.45, 2.75) is 46.5 Å². The van der Waals surface area contributed by atoms with E-state index in [9.17, 15) is 4.79 Å². The van der Waals surface area contributed by atoms with Crippen LogP contribution in [0.15, 0.2) is 0 Å². The lowest BCUT2D eigenvalue weighted by molar-refractivity contribution is -0.140. The molecule has 5 nitrogen and oxygen atoms in total. The number of aromatic amines is 2. The minimum Gasteiger partial charge on any atom is -0.482 e. The molecule has 0 aliphatic rings. The summed E-state index contributed by atoms with van der Waals surface area (Å²) in [5.74, 6) is 1.12. The van der Waals surface area contributed by atoms with Crippen molar-refractivity contribution in [2.24, 2.45) is 0 Å².